The summed E-state index contributed by atoms with van der Waals surface area (Å²) in [5.41, 5.74) is 2.61. The Morgan fingerprint density at radius 2 is 1.79 bits per heavy atom. The second-order valence-electron chi connectivity index (χ2n) is 6.22. The second-order valence-corrected chi connectivity index (χ2v) is 7.87. The van der Waals surface area contributed by atoms with E-state index in [4.69, 9.17) is 0 Å². The van der Waals surface area contributed by atoms with Crippen LogP contribution in [0.25, 0.3) is 0 Å². The number of rotatable bonds is 5. The fraction of sp³-hybridized carbons (Fsp3) is 0.278. The second kappa shape index (κ2) is 6.28. The molecule has 0 unspecified atom stereocenters. The lowest BCUT2D eigenvalue weighted by molar-refractivity contribution is -0.117. The molecule has 2 aromatic rings. The molecule has 5 nitrogen and oxygen atoms in total. The maximum atomic E-state index is 12.7. The van der Waals surface area contributed by atoms with E-state index >= 15 is 0 Å². The number of carbonyl (C=O) groups excluding carboxylic acids is 1. The van der Waals surface area contributed by atoms with Crippen molar-refractivity contribution in [2.75, 3.05) is 10.0 Å². The lowest BCUT2D eigenvalue weighted by Crippen LogP contribution is -2.16. The van der Waals surface area contributed by atoms with Gasteiger partial charge in [0.25, 0.3) is 10.0 Å². The highest BCUT2D eigenvalue weighted by Gasteiger charge is 2.29. The van der Waals surface area contributed by atoms with Gasteiger partial charge in [0.1, 0.15) is 0 Å². The van der Waals surface area contributed by atoms with Gasteiger partial charge in [0.05, 0.1) is 4.90 Å². The molecule has 6 heteroatoms. The topological polar surface area (TPSA) is 75.3 Å². The lowest BCUT2D eigenvalue weighted by Gasteiger charge is -2.13. The number of carbonyl (C=O) groups is 1. The minimum atomic E-state index is -3.72. The summed E-state index contributed by atoms with van der Waals surface area (Å²) in [5.74, 6) is 0.0191. The molecule has 0 bridgehead atoms. The Bertz CT molecular complexity index is 887. The summed E-state index contributed by atoms with van der Waals surface area (Å²) in [6, 6.07) is 12.1. The predicted molar refractivity (Wildman–Crippen MR) is 94.5 cm³/mol. The van der Waals surface area contributed by atoms with Gasteiger partial charge in [-0.3, -0.25) is 9.52 Å². The molecule has 0 saturated heterocycles. The van der Waals surface area contributed by atoms with Crippen molar-refractivity contribution in [3.8, 4) is 0 Å². The van der Waals surface area contributed by atoms with E-state index < -0.39 is 10.0 Å². The number of hydrogen-bond donors (Lipinski definition) is 2. The van der Waals surface area contributed by atoms with Crippen LogP contribution in [-0.4, -0.2) is 14.3 Å². The quantitative estimate of drug-likeness (QED) is 0.872. The van der Waals surface area contributed by atoms with E-state index in [1.54, 1.807) is 37.3 Å². The highest BCUT2D eigenvalue weighted by Crippen LogP contribution is 2.31. The Hall–Kier alpha value is -2.34. The molecule has 1 fully saturated rings. The van der Waals surface area contributed by atoms with Crippen molar-refractivity contribution in [3.05, 3.63) is 53.6 Å². The molecule has 0 heterocycles. The minimum absolute atomic E-state index is 0.0474. The third kappa shape index (κ3) is 3.76. The molecule has 0 radical (unpaired) electrons. The zero-order chi connectivity index (χ0) is 17.3. The average molecular weight is 344 g/mol. The van der Waals surface area contributed by atoms with Gasteiger partial charge < -0.3 is 5.32 Å². The summed E-state index contributed by atoms with van der Waals surface area (Å²) in [6.45, 7) is 3.63. The summed E-state index contributed by atoms with van der Waals surface area (Å²) in [7, 11) is -3.72. The molecule has 0 aromatic heterocycles. The number of anilines is 2. The van der Waals surface area contributed by atoms with Crippen molar-refractivity contribution in [3.63, 3.8) is 0 Å². The smallest absolute Gasteiger partial charge is 0.262 e. The third-order valence-corrected chi connectivity index (χ3v) is 5.49. The first-order valence-corrected chi connectivity index (χ1v) is 9.34. The van der Waals surface area contributed by atoms with Crippen LogP contribution in [0.15, 0.2) is 47.4 Å². The molecule has 0 atom stereocenters. The van der Waals surface area contributed by atoms with Gasteiger partial charge in [0, 0.05) is 17.3 Å². The Balaban J connectivity index is 1.87. The van der Waals surface area contributed by atoms with E-state index in [0.29, 0.717) is 16.9 Å². The first-order chi connectivity index (χ1) is 11.3. The van der Waals surface area contributed by atoms with Crippen LogP contribution in [0.1, 0.15) is 24.0 Å². The highest BCUT2D eigenvalue weighted by molar-refractivity contribution is 7.92. The van der Waals surface area contributed by atoms with Gasteiger partial charge in [-0.25, -0.2) is 8.42 Å². The van der Waals surface area contributed by atoms with Crippen molar-refractivity contribution < 1.29 is 13.2 Å². The molecular formula is C18H20N2O3S. The summed E-state index contributed by atoms with van der Waals surface area (Å²) >= 11 is 0. The molecule has 0 spiro atoms. The Morgan fingerprint density at radius 1 is 1.04 bits per heavy atom. The number of sulfonamides is 1. The number of amides is 1. The van der Waals surface area contributed by atoms with E-state index in [2.05, 4.69) is 10.0 Å². The van der Waals surface area contributed by atoms with E-state index in [-0.39, 0.29) is 16.7 Å². The summed E-state index contributed by atoms with van der Waals surface area (Å²) in [6.07, 6.45) is 1.80. The highest BCUT2D eigenvalue weighted by atomic mass is 32.2. The number of benzene rings is 2. The van der Waals surface area contributed by atoms with Gasteiger partial charge in [0.2, 0.25) is 5.91 Å². The van der Waals surface area contributed by atoms with Crippen LogP contribution in [0.3, 0.4) is 0 Å². The van der Waals surface area contributed by atoms with E-state index in [1.807, 2.05) is 13.0 Å². The zero-order valence-corrected chi connectivity index (χ0v) is 14.5. The van der Waals surface area contributed by atoms with Gasteiger partial charge >= 0.3 is 0 Å². The van der Waals surface area contributed by atoms with E-state index in [0.717, 1.165) is 18.4 Å². The van der Waals surface area contributed by atoms with Crippen LogP contribution in [0.4, 0.5) is 11.4 Å². The Kier molecular flexibility index (Phi) is 4.32. The lowest BCUT2D eigenvalue weighted by atomic mass is 10.2. The minimum Gasteiger partial charge on any atom is -0.326 e. The molecule has 126 valence electrons. The standard InChI is InChI=1S/C18H20N2O3S/c1-12-4-3-5-16(10-12)20-24(22,23)17-11-15(9-6-13(17)2)19-18(21)14-7-8-14/h3-6,9-11,14,20H,7-8H2,1-2H3,(H,19,21). The van der Waals surface area contributed by atoms with E-state index in [1.165, 1.54) is 6.07 Å². The summed E-state index contributed by atoms with van der Waals surface area (Å²) in [5, 5.41) is 2.79. The zero-order valence-electron chi connectivity index (χ0n) is 13.7. The molecule has 2 aromatic carbocycles. The van der Waals surface area contributed by atoms with Crippen LogP contribution in [0, 0.1) is 19.8 Å². The first-order valence-electron chi connectivity index (χ1n) is 7.86. The number of hydrogen-bond acceptors (Lipinski definition) is 3. The van der Waals surface area contributed by atoms with Crippen molar-refractivity contribution in [2.24, 2.45) is 5.92 Å². The number of aryl methyl sites for hydroxylation is 2. The van der Waals surface area contributed by atoms with Crippen molar-refractivity contribution in [2.45, 2.75) is 31.6 Å². The van der Waals surface area contributed by atoms with Crippen molar-refractivity contribution in [1.29, 1.82) is 0 Å². The van der Waals surface area contributed by atoms with Crippen molar-refractivity contribution in [1.82, 2.24) is 0 Å². The molecule has 3 rings (SSSR count). The molecule has 2 N–H and O–H groups in total. The monoisotopic (exact) mass is 344 g/mol. The predicted octanol–water partition coefficient (Wildman–Crippen LogP) is 3.45. The first kappa shape index (κ1) is 16.5. The normalized spacial score (nSPS) is 14.2. The van der Waals surface area contributed by atoms with Gasteiger partial charge in [-0.1, -0.05) is 18.2 Å². The summed E-state index contributed by atoms with van der Waals surface area (Å²) < 4.78 is 28.0. The summed E-state index contributed by atoms with van der Waals surface area (Å²) in [4.78, 5) is 12.0. The molecule has 1 aliphatic carbocycles. The molecule has 0 aliphatic heterocycles. The van der Waals surface area contributed by atoms with Crippen LogP contribution in [0.5, 0.6) is 0 Å². The molecule has 24 heavy (non-hydrogen) atoms. The molecular weight excluding hydrogens is 324 g/mol. The van der Waals surface area contributed by atoms with Gasteiger partial charge in [-0.2, -0.15) is 0 Å². The molecule has 1 saturated carbocycles. The third-order valence-electron chi connectivity index (χ3n) is 3.96. The SMILES string of the molecule is Cc1cccc(NS(=O)(=O)c2cc(NC(=O)C3CC3)ccc2C)c1. The fourth-order valence-corrected chi connectivity index (χ4v) is 3.80. The average Bonchev–Trinajstić information content (AvgIpc) is 3.33. The van der Waals surface area contributed by atoms with Gasteiger partial charge in [-0.05, 0) is 62.1 Å². The van der Waals surface area contributed by atoms with Crippen LogP contribution in [0.2, 0.25) is 0 Å². The maximum absolute atomic E-state index is 12.7. The van der Waals surface area contributed by atoms with E-state index in [9.17, 15) is 13.2 Å². The van der Waals surface area contributed by atoms with Gasteiger partial charge in [-0.15, -0.1) is 0 Å². The number of nitrogens with one attached hydrogen (secondary N) is 2. The van der Waals surface area contributed by atoms with Crippen molar-refractivity contribution >= 4 is 27.3 Å². The van der Waals surface area contributed by atoms with Crippen LogP contribution >= 0.6 is 0 Å². The van der Waals surface area contributed by atoms with Crippen LogP contribution < -0.4 is 10.0 Å². The largest absolute Gasteiger partial charge is 0.326 e. The fourth-order valence-electron chi connectivity index (χ4n) is 2.48. The van der Waals surface area contributed by atoms with Gasteiger partial charge in [0.15, 0.2) is 0 Å². The molecule has 1 amide bonds. The molecule has 1 aliphatic rings. The Morgan fingerprint density at radius 3 is 2.46 bits per heavy atom. The maximum Gasteiger partial charge on any atom is 0.262 e. The van der Waals surface area contributed by atoms with Crippen LogP contribution in [-0.2, 0) is 14.8 Å². The Labute approximate surface area is 142 Å².